The summed E-state index contributed by atoms with van der Waals surface area (Å²) in [7, 11) is 0. The first kappa shape index (κ1) is 22.5. The van der Waals surface area contributed by atoms with E-state index in [0.29, 0.717) is 10.8 Å². The molecule has 30 heavy (non-hydrogen) atoms. The third-order valence-electron chi connectivity index (χ3n) is 11.2. The van der Waals surface area contributed by atoms with Crippen LogP contribution in [0.2, 0.25) is 0 Å². The highest BCUT2D eigenvalue weighted by Gasteiger charge is 2.59. The van der Waals surface area contributed by atoms with E-state index < -0.39 is 0 Å². The van der Waals surface area contributed by atoms with Crippen molar-refractivity contribution in [2.45, 2.75) is 112 Å². The number of fused-ring (bicyclic) bond motifs is 5. The van der Waals surface area contributed by atoms with Gasteiger partial charge < -0.3 is 5.11 Å². The summed E-state index contributed by atoms with van der Waals surface area (Å²) in [5, 5.41) is 9.42. The molecule has 4 aliphatic rings. The van der Waals surface area contributed by atoms with Crippen molar-refractivity contribution in [3.8, 4) is 0 Å². The molecule has 0 spiro atoms. The van der Waals surface area contributed by atoms with E-state index >= 15 is 0 Å². The zero-order valence-electron chi connectivity index (χ0n) is 20.6. The lowest BCUT2D eigenvalue weighted by molar-refractivity contribution is -0.114. The van der Waals surface area contributed by atoms with Crippen LogP contribution in [0.15, 0.2) is 23.5 Å². The molecule has 0 aliphatic heterocycles. The monoisotopic (exact) mass is 412 g/mol. The van der Waals surface area contributed by atoms with Crippen LogP contribution in [-0.2, 0) is 0 Å². The standard InChI is InChI=1S/C29H48O/c1-6-22(21(3)19-30)11-10-20(2)25-14-15-26-24-13-12-23-9-7-8-17-28(23,4)27(24)16-18-29(25,26)5/h11,19-20,23-27,30H,6-10,12-18H2,1-5H3/t20?,23?,24-,25+,26-,27-,28-,29+/m0/s1. The molecule has 1 heteroatoms. The molecule has 4 aliphatic carbocycles. The van der Waals surface area contributed by atoms with E-state index in [1.165, 1.54) is 82.5 Å². The molecule has 4 fully saturated rings. The maximum atomic E-state index is 9.42. The second-order valence-electron chi connectivity index (χ2n) is 12.2. The molecule has 4 rings (SSSR count). The molecule has 0 aromatic carbocycles. The summed E-state index contributed by atoms with van der Waals surface area (Å²) in [6, 6.07) is 0. The van der Waals surface area contributed by atoms with Gasteiger partial charge in [-0.2, -0.15) is 0 Å². The van der Waals surface area contributed by atoms with Crippen LogP contribution < -0.4 is 0 Å². The van der Waals surface area contributed by atoms with Crippen molar-refractivity contribution >= 4 is 0 Å². The van der Waals surface area contributed by atoms with Crippen molar-refractivity contribution in [2.75, 3.05) is 0 Å². The zero-order chi connectivity index (χ0) is 21.5. The second kappa shape index (κ2) is 8.67. The number of hydrogen-bond acceptors (Lipinski definition) is 1. The highest BCUT2D eigenvalue weighted by Crippen LogP contribution is 2.68. The van der Waals surface area contributed by atoms with E-state index in [1.807, 2.05) is 6.92 Å². The summed E-state index contributed by atoms with van der Waals surface area (Å²) in [6.45, 7) is 12.2. The van der Waals surface area contributed by atoms with E-state index in [9.17, 15) is 5.11 Å². The van der Waals surface area contributed by atoms with Gasteiger partial charge in [-0.3, -0.25) is 0 Å². The molecule has 0 heterocycles. The van der Waals surface area contributed by atoms with E-state index in [0.717, 1.165) is 47.5 Å². The number of rotatable bonds is 5. The summed E-state index contributed by atoms with van der Waals surface area (Å²) in [4.78, 5) is 0. The average Bonchev–Trinajstić information content (AvgIpc) is 3.10. The number of aliphatic hydroxyl groups is 1. The first-order chi connectivity index (χ1) is 14.3. The minimum atomic E-state index is 0.570. The molecule has 0 bridgehead atoms. The van der Waals surface area contributed by atoms with Crippen molar-refractivity contribution in [3.63, 3.8) is 0 Å². The SMILES string of the molecule is CCC(=CCC(C)[C@H]1CC[C@H]2[C@@H]3CCC4CCCC[C@]4(C)[C@H]3CC[C@]12C)C(C)=CO. The smallest absolute Gasteiger partial charge is 0.0823 e. The lowest BCUT2D eigenvalue weighted by Gasteiger charge is -2.61. The molecule has 1 N–H and O–H groups in total. The normalized spacial score (nSPS) is 45.4. The quantitative estimate of drug-likeness (QED) is 0.353. The van der Waals surface area contributed by atoms with Crippen LogP contribution in [-0.4, -0.2) is 5.11 Å². The Balaban J connectivity index is 1.49. The van der Waals surface area contributed by atoms with Crippen LogP contribution in [0.25, 0.3) is 0 Å². The fraction of sp³-hybridized carbons (Fsp3) is 0.862. The number of allylic oxidation sites excluding steroid dienone is 3. The summed E-state index contributed by atoms with van der Waals surface area (Å²) in [6.07, 6.45) is 20.9. The van der Waals surface area contributed by atoms with Crippen LogP contribution in [0.3, 0.4) is 0 Å². The Morgan fingerprint density at radius 1 is 0.967 bits per heavy atom. The Labute approximate surface area is 186 Å². The molecule has 0 aromatic heterocycles. The van der Waals surface area contributed by atoms with Crippen molar-refractivity contribution in [2.24, 2.45) is 46.3 Å². The van der Waals surface area contributed by atoms with Gasteiger partial charge in [-0.1, -0.05) is 46.6 Å². The van der Waals surface area contributed by atoms with Gasteiger partial charge in [0.05, 0.1) is 6.26 Å². The summed E-state index contributed by atoms with van der Waals surface area (Å²) in [5.41, 5.74) is 3.61. The molecule has 4 saturated carbocycles. The second-order valence-corrected chi connectivity index (χ2v) is 12.2. The van der Waals surface area contributed by atoms with Gasteiger partial charge in [-0.15, -0.1) is 0 Å². The topological polar surface area (TPSA) is 20.2 Å². The van der Waals surface area contributed by atoms with Gasteiger partial charge in [0.1, 0.15) is 0 Å². The summed E-state index contributed by atoms with van der Waals surface area (Å²) in [5.74, 6) is 5.69. The fourth-order valence-corrected chi connectivity index (χ4v) is 9.43. The minimum absolute atomic E-state index is 0.570. The van der Waals surface area contributed by atoms with Gasteiger partial charge in [0.15, 0.2) is 0 Å². The van der Waals surface area contributed by atoms with Crippen LogP contribution in [0.5, 0.6) is 0 Å². The zero-order valence-corrected chi connectivity index (χ0v) is 20.6. The Morgan fingerprint density at radius 3 is 2.47 bits per heavy atom. The molecule has 1 nitrogen and oxygen atoms in total. The summed E-state index contributed by atoms with van der Waals surface area (Å²) < 4.78 is 0. The van der Waals surface area contributed by atoms with Gasteiger partial charge in [0.25, 0.3) is 0 Å². The highest BCUT2D eigenvalue weighted by atomic mass is 16.2. The largest absolute Gasteiger partial charge is 0.515 e. The van der Waals surface area contributed by atoms with Crippen molar-refractivity contribution in [3.05, 3.63) is 23.5 Å². The van der Waals surface area contributed by atoms with Crippen LogP contribution in [0.1, 0.15) is 112 Å². The number of hydrogen-bond donors (Lipinski definition) is 1. The lowest BCUT2D eigenvalue weighted by Crippen LogP contribution is -2.53. The summed E-state index contributed by atoms with van der Waals surface area (Å²) >= 11 is 0. The molecule has 2 unspecified atom stereocenters. The minimum Gasteiger partial charge on any atom is -0.515 e. The van der Waals surface area contributed by atoms with Gasteiger partial charge in [0.2, 0.25) is 0 Å². The molecule has 0 aromatic rings. The fourth-order valence-electron chi connectivity index (χ4n) is 9.43. The molecule has 0 amide bonds. The van der Waals surface area contributed by atoms with Crippen molar-refractivity contribution in [1.82, 2.24) is 0 Å². The van der Waals surface area contributed by atoms with E-state index in [4.69, 9.17) is 0 Å². The molecule has 0 saturated heterocycles. The van der Waals surface area contributed by atoms with E-state index in [-0.39, 0.29) is 0 Å². The predicted molar refractivity (Wildman–Crippen MR) is 128 cm³/mol. The predicted octanol–water partition coefficient (Wildman–Crippen LogP) is 8.86. The highest BCUT2D eigenvalue weighted by molar-refractivity contribution is 5.27. The molecular formula is C29H48O. The van der Waals surface area contributed by atoms with Gasteiger partial charge >= 0.3 is 0 Å². The Morgan fingerprint density at radius 2 is 1.73 bits per heavy atom. The first-order valence-corrected chi connectivity index (χ1v) is 13.4. The van der Waals surface area contributed by atoms with E-state index in [2.05, 4.69) is 33.8 Å². The van der Waals surface area contributed by atoms with Gasteiger partial charge in [-0.05, 0) is 129 Å². The molecular weight excluding hydrogens is 364 g/mol. The average molecular weight is 413 g/mol. The number of aliphatic hydroxyl groups excluding tert-OH is 1. The first-order valence-electron chi connectivity index (χ1n) is 13.4. The van der Waals surface area contributed by atoms with Crippen molar-refractivity contribution < 1.29 is 5.11 Å². The Kier molecular flexibility index (Phi) is 6.49. The van der Waals surface area contributed by atoms with Gasteiger partial charge in [-0.25, -0.2) is 0 Å². The van der Waals surface area contributed by atoms with Crippen LogP contribution in [0.4, 0.5) is 0 Å². The molecule has 170 valence electrons. The Bertz CT molecular complexity index is 674. The van der Waals surface area contributed by atoms with Gasteiger partial charge in [0, 0.05) is 0 Å². The van der Waals surface area contributed by atoms with E-state index in [1.54, 1.807) is 0 Å². The maximum absolute atomic E-state index is 9.42. The maximum Gasteiger partial charge on any atom is 0.0823 e. The molecule has 8 atom stereocenters. The third-order valence-corrected chi connectivity index (χ3v) is 11.2. The third kappa shape index (κ3) is 3.61. The Hall–Kier alpha value is -0.720. The lowest BCUT2D eigenvalue weighted by atomic mass is 9.44. The van der Waals surface area contributed by atoms with Crippen LogP contribution >= 0.6 is 0 Å². The van der Waals surface area contributed by atoms with Crippen molar-refractivity contribution in [1.29, 1.82) is 0 Å². The van der Waals surface area contributed by atoms with Crippen LogP contribution in [0, 0.1) is 46.3 Å². The molecule has 0 radical (unpaired) electrons.